The van der Waals surface area contributed by atoms with Gasteiger partial charge in [0, 0.05) is 18.8 Å². The second kappa shape index (κ2) is 7.97. The Morgan fingerprint density at radius 2 is 2.05 bits per heavy atom. The lowest BCUT2D eigenvalue weighted by Gasteiger charge is -2.11. The summed E-state index contributed by atoms with van der Waals surface area (Å²) in [5.74, 6) is -0.173. The molecule has 122 valence electrons. The molecule has 3 rings (SSSR count). The minimum Gasteiger partial charge on any atom is -0.348 e. The van der Waals surface area contributed by atoms with E-state index < -0.39 is 6.04 Å². The van der Waals surface area contributed by atoms with Gasteiger partial charge in [-0.25, -0.2) is 4.98 Å². The van der Waals surface area contributed by atoms with Gasteiger partial charge in [-0.05, 0) is 38.0 Å². The molecular formula is C14H20Cl2N4OS. The molecule has 1 fully saturated rings. The van der Waals surface area contributed by atoms with Gasteiger partial charge < -0.3 is 16.0 Å². The second-order valence-corrected chi connectivity index (χ2v) is 6.16. The maximum absolute atomic E-state index is 11.6. The molecule has 5 nitrogen and oxygen atoms in total. The standard InChI is InChI=1S/C14H18N4OS.2ClH/c1-9(15)13(19)16-10-4-5-11-12(8-10)20-14(17-11)18-6-2-3-7-18;;/h4-5,8-9H,2-3,6-7,15H2,1H3,(H,16,19);2*1H/t9-;;/m0../s1. The van der Waals surface area contributed by atoms with Crippen molar-refractivity contribution < 1.29 is 4.79 Å². The number of anilines is 2. The lowest BCUT2D eigenvalue weighted by Crippen LogP contribution is -2.32. The van der Waals surface area contributed by atoms with Crippen molar-refractivity contribution in [2.75, 3.05) is 23.3 Å². The smallest absolute Gasteiger partial charge is 0.240 e. The highest BCUT2D eigenvalue weighted by Crippen LogP contribution is 2.32. The lowest BCUT2D eigenvalue weighted by atomic mass is 10.2. The first kappa shape index (κ1) is 19.0. The number of nitrogens with zero attached hydrogens (tertiary/aromatic N) is 2. The number of thiazole rings is 1. The van der Waals surface area contributed by atoms with E-state index in [1.54, 1.807) is 18.3 Å². The van der Waals surface area contributed by atoms with Gasteiger partial charge >= 0.3 is 0 Å². The Kier molecular flexibility index (Phi) is 6.87. The van der Waals surface area contributed by atoms with Crippen LogP contribution in [0.25, 0.3) is 10.2 Å². The number of hydrogen-bond donors (Lipinski definition) is 2. The SMILES string of the molecule is C[C@H](N)C(=O)Nc1ccc2nc(N3CCCC3)sc2c1.Cl.Cl. The maximum Gasteiger partial charge on any atom is 0.240 e. The predicted molar refractivity (Wildman–Crippen MR) is 97.8 cm³/mol. The number of rotatable bonds is 3. The highest BCUT2D eigenvalue weighted by Gasteiger charge is 2.16. The molecule has 1 aromatic carbocycles. The molecule has 1 atom stereocenters. The van der Waals surface area contributed by atoms with Gasteiger partial charge in [-0.15, -0.1) is 24.8 Å². The van der Waals surface area contributed by atoms with E-state index in [2.05, 4.69) is 15.2 Å². The van der Waals surface area contributed by atoms with E-state index in [9.17, 15) is 4.79 Å². The van der Waals surface area contributed by atoms with Crippen LogP contribution in [0, 0.1) is 0 Å². The van der Waals surface area contributed by atoms with Crippen molar-refractivity contribution in [3.8, 4) is 0 Å². The monoisotopic (exact) mass is 362 g/mol. The summed E-state index contributed by atoms with van der Waals surface area (Å²) in [6.45, 7) is 3.86. The van der Waals surface area contributed by atoms with E-state index in [1.165, 1.54) is 12.8 Å². The van der Waals surface area contributed by atoms with Gasteiger partial charge in [0.1, 0.15) is 0 Å². The Bertz CT molecular complexity index is 641. The molecule has 0 saturated carbocycles. The third-order valence-corrected chi connectivity index (χ3v) is 4.51. The molecule has 1 aliphatic rings. The number of amides is 1. The molecule has 1 aromatic heterocycles. The first-order valence-electron chi connectivity index (χ1n) is 6.85. The molecule has 8 heteroatoms. The molecule has 2 heterocycles. The lowest BCUT2D eigenvalue weighted by molar-refractivity contribution is -0.117. The van der Waals surface area contributed by atoms with Crippen LogP contribution in [-0.4, -0.2) is 30.0 Å². The van der Waals surface area contributed by atoms with Crippen molar-refractivity contribution in [3.63, 3.8) is 0 Å². The summed E-state index contributed by atoms with van der Waals surface area (Å²) in [5.41, 5.74) is 7.31. The Balaban J connectivity index is 0.00000121. The summed E-state index contributed by atoms with van der Waals surface area (Å²) in [6.07, 6.45) is 2.48. The van der Waals surface area contributed by atoms with Crippen LogP contribution in [0.3, 0.4) is 0 Å². The number of nitrogens with two attached hydrogens (primary N) is 1. The van der Waals surface area contributed by atoms with E-state index in [0.29, 0.717) is 0 Å². The van der Waals surface area contributed by atoms with Crippen molar-refractivity contribution in [1.29, 1.82) is 0 Å². The number of carbonyl (C=O) groups excluding carboxylic acids is 1. The molecule has 1 aliphatic heterocycles. The quantitative estimate of drug-likeness (QED) is 0.879. The van der Waals surface area contributed by atoms with Gasteiger partial charge in [-0.2, -0.15) is 0 Å². The Hall–Kier alpha value is -1.08. The minimum atomic E-state index is -0.507. The third kappa shape index (κ3) is 4.01. The van der Waals surface area contributed by atoms with Crippen LogP contribution in [0.15, 0.2) is 18.2 Å². The zero-order chi connectivity index (χ0) is 14.1. The van der Waals surface area contributed by atoms with Crippen LogP contribution in [0.4, 0.5) is 10.8 Å². The summed E-state index contributed by atoms with van der Waals surface area (Å²) in [4.78, 5) is 18.6. The number of carbonyl (C=O) groups is 1. The van der Waals surface area contributed by atoms with Gasteiger partial charge in [0.05, 0.1) is 16.3 Å². The summed E-state index contributed by atoms with van der Waals surface area (Å²) >= 11 is 1.68. The molecule has 0 radical (unpaired) electrons. The van der Waals surface area contributed by atoms with E-state index in [0.717, 1.165) is 34.1 Å². The van der Waals surface area contributed by atoms with E-state index in [1.807, 2.05) is 18.2 Å². The fourth-order valence-corrected chi connectivity index (χ4v) is 3.35. The molecule has 0 unspecified atom stereocenters. The van der Waals surface area contributed by atoms with Gasteiger partial charge in [-0.3, -0.25) is 4.79 Å². The third-order valence-electron chi connectivity index (χ3n) is 3.43. The topological polar surface area (TPSA) is 71.2 Å². The van der Waals surface area contributed by atoms with Crippen LogP contribution < -0.4 is 16.0 Å². The van der Waals surface area contributed by atoms with Crippen molar-refractivity contribution in [2.45, 2.75) is 25.8 Å². The molecule has 22 heavy (non-hydrogen) atoms. The van der Waals surface area contributed by atoms with Gasteiger partial charge in [-0.1, -0.05) is 11.3 Å². The van der Waals surface area contributed by atoms with E-state index in [4.69, 9.17) is 5.73 Å². The molecule has 1 saturated heterocycles. The average Bonchev–Trinajstić information content (AvgIpc) is 3.06. The van der Waals surface area contributed by atoms with Gasteiger partial charge in [0.15, 0.2) is 5.13 Å². The average molecular weight is 363 g/mol. The molecule has 0 aliphatic carbocycles. The summed E-state index contributed by atoms with van der Waals surface area (Å²) in [5, 5.41) is 3.89. The van der Waals surface area contributed by atoms with Crippen molar-refractivity contribution in [1.82, 2.24) is 4.98 Å². The Morgan fingerprint density at radius 1 is 1.36 bits per heavy atom. The van der Waals surface area contributed by atoms with Crippen molar-refractivity contribution >= 4 is 63.1 Å². The zero-order valence-corrected chi connectivity index (χ0v) is 14.7. The molecule has 0 bridgehead atoms. The summed E-state index contributed by atoms with van der Waals surface area (Å²) in [7, 11) is 0. The molecule has 3 N–H and O–H groups in total. The van der Waals surface area contributed by atoms with E-state index >= 15 is 0 Å². The summed E-state index contributed by atoms with van der Waals surface area (Å²) < 4.78 is 1.09. The fraction of sp³-hybridized carbons (Fsp3) is 0.429. The van der Waals surface area contributed by atoms with Gasteiger partial charge in [0.25, 0.3) is 0 Å². The Labute approximate surface area is 146 Å². The number of benzene rings is 1. The minimum absolute atomic E-state index is 0. The number of hydrogen-bond acceptors (Lipinski definition) is 5. The van der Waals surface area contributed by atoms with E-state index in [-0.39, 0.29) is 30.7 Å². The number of nitrogens with one attached hydrogen (secondary N) is 1. The van der Waals surface area contributed by atoms with Crippen molar-refractivity contribution in [2.24, 2.45) is 5.73 Å². The fourth-order valence-electron chi connectivity index (χ4n) is 2.29. The molecular weight excluding hydrogens is 343 g/mol. The van der Waals surface area contributed by atoms with Crippen LogP contribution in [0.2, 0.25) is 0 Å². The highest BCUT2D eigenvalue weighted by atomic mass is 35.5. The number of aromatic nitrogens is 1. The maximum atomic E-state index is 11.6. The van der Waals surface area contributed by atoms with Crippen LogP contribution in [-0.2, 0) is 4.79 Å². The first-order chi connectivity index (χ1) is 9.63. The van der Waals surface area contributed by atoms with Gasteiger partial charge in [0.2, 0.25) is 5.91 Å². The zero-order valence-electron chi connectivity index (χ0n) is 12.2. The largest absolute Gasteiger partial charge is 0.348 e. The molecule has 2 aromatic rings. The number of halogens is 2. The molecule has 0 spiro atoms. The van der Waals surface area contributed by atoms with Crippen LogP contribution in [0.1, 0.15) is 19.8 Å². The second-order valence-electron chi connectivity index (χ2n) is 5.15. The molecule has 1 amide bonds. The number of fused-ring (bicyclic) bond motifs is 1. The highest BCUT2D eigenvalue weighted by molar-refractivity contribution is 7.22. The normalized spacial score (nSPS) is 15.1. The summed E-state index contributed by atoms with van der Waals surface area (Å²) in [6, 6.07) is 5.28. The van der Waals surface area contributed by atoms with Crippen LogP contribution in [0.5, 0.6) is 0 Å². The van der Waals surface area contributed by atoms with Crippen LogP contribution >= 0.6 is 36.2 Å². The first-order valence-corrected chi connectivity index (χ1v) is 7.67. The predicted octanol–water partition coefficient (Wildman–Crippen LogP) is 3.03. The Morgan fingerprint density at radius 3 is 2.68 bits per heavy atom. The van der Waals surface area contributed by atoms with Crippen molar-refractivity contribution in [3.05, 3.63) is 18.2 Å².